The summed E-state index contributed by atoms with van der Waals surface area (Å²) in [6.45, 7) is 7.00. The van der Waals surface area contributed by atoms with Gasteiger partial charge in [0.05, 0.1) is 36.7 Å². The molecule has 3 heterocycles. The summed E-state index contributed by atoms with van der Waals surface area (Å²) in [7, 11) is 0. The lowest BCUT2D eigenvalue weighted by atomic mass is 9.85. The minimum atomic E-state index is -1.05. The molecule has 5 rings (SSSR count). The number of piperidine rings is 1. The minimum absolute atomic E-state index is 0.0914. The SMILES string of the molecule is CCOc1ccccc1OC1CCCN(c2cncc(Nc3nc(-c4cc(CC(C)(C)C(=O)O)ccc4F)ccc3F)n2)C1. The normalized spacial score (nSPS) is 15.1. The van der Waals surface area contributed by atoms with Crippen LogP contribution in [0.4, 0.5) is 26.2 Å². The number of carboxylic acid groups (broad SMARTS) is 1. The molecule has 2 N–H and O–H groups in total. The highest BCUT2D eigenvalue weighted by Crippen LogP contribution is 2.31. The number of carbonyl (C=O) groups is 1. The molecule has 44 heavy (non-hydrogen) atoms. The van der Waals surface area contributed by atoms with Crippen LogP contribution in [0, 0.1) is 17.0 Å². The van der Waals surface area contributed by atoms with Crippen molar-refractivity contribution in [1.82, 2.24) is 15.0 Å². The number of nitrogens with zero attached hydrogens (tertiary/aromatic N) is 4. The highest BCUT2D eigenvalue weighted by molar-refractivity contribution is 5.74. The number of nitrogens with one attached hydrogen (secondary N) is 1. The number of carboxylic acids is 1. The number of hydrogen-bond acceptors (Lipinski definition) is 8. The molecule has 1 atom stereocenters. The number of halogens is 2. The molecule has 9 nitrogen and oxygen atoms in total. The van der Waals surface area contributed by atoms with E-state index < -0.39 is 23.0 Å². The molecule has 1 aliphatic heterocycles. The number of pyridine rings is 1. The van der Waals surface area contributed by atoms with E-state index in [1.165, 1.54) is 24.4 Å². The van der Waals surface area contributed by atoms with Crippen molar-refractivity contribution in [2.24, 2.45) is 5.41 Å². The van der Waals surface area contributed by atoms with Crippen molar-refractivity contribution >= 4 is 23.4 Å². The van der Waals surface area contributed by atoms with Crippen molar-refractivity contribution in [3.63, 3.8) is 0 Å². The Morgan fingerprint density at radius 3 is 2.61 bits per heavy atom. The molecule has 0 radical (unpaired) electrons. The van der Waals surface area contributed by atoms with E-state index in [0.29, 0.717) is 36.0 Å². The number of benzene rings is 2. The summed E-state index contributed by atoms with van der Waals surface area (Å²) in [4.78, 5) is 26.9. The van der Waals surface area contributed by atoms with Gasteiger partial charge in [0.1, 0.15) is 17.7 Å². The Morgan fingerprint density at radius 2 is 1.84 bits per heavy atom. The molecule has 0 bridgehead atoms. The van der Waals surface area contributed by atoms with Crippen molar-refractivity contribution in [3.8, 4) is 22.8 Å². The predicted molar refractivity (Wildman–Crippen MR) is 163 cm³/mol. The quantitative estimate of drug-likeness (QED) is 0.194. The van der Waals surface area contributed by atoms with Crippen molar-refractivity contribution in [3.05, 3.63) is 84.2 Å². The van der Waals surface area contributed by atoms with E-state index in [-0.39, 0.29) is 35.4 Å². The zero-order valence-electron chi connectivity index (χ0n) is 24.9. The summed E-state index contributed by atoms with van der Waals surface area (Å²) >= 11 is 0. The molecule has 0 spiro atoms. The first-order valence-corrected chi connectivity index (χ1v) is 14.5. The van der Waals surface area contributed by atoms with Crippen molar-refractivity contribution in [2.45, 2.75) is 46.1 Å². The van der Waals surface area contributed by atoms with E-state index >= 15 is 0 Å². The van der Waals surface area contributed by atoms with Crippen LogP contribution in [0.5, 0.6) is 11.5 Å². The average molecular weight is 604 g/mol. The van der Waals surface area contributed by atoms with Crippen LogP contribution in [0.15, 0.2) is 67.0 Å². The number of ether oxygens (including phenoxy) is 2. The zero-order valence-corrected chi connectivity index (χ0v) is 24.9. The molecule has 1 unspecified atom stereocenters. The summed E-state index contributed by atoms with van der Waals surface area (Å²) < 4.78 is 41.8. The van der Waals surface area contributed by atoms with Crippen molar-refractivity contribution < 1.29 is 28.2 Å². The van der Waals surface area contributed by atoms with Gasteiger partial charge in [-0.2, -0.15) is 0 Å². The van der Waals surface area contributed by atoms with Gasteiger partial charge in [-0.25, -0.2) is 18.7 Å². The van der Waals surface area contributed by atoms with Gasteiger partial charge < -0.3 is 24.8 Å². The van der Waals surface area contributed by atoms with Gasteiger partial charge in [-0.1, -0.05) is 18.2 Å². The maximum absolute atomic E-state index is 14.9. The van der Waals surface area contributed by atoms with Gasteiger partial charge in [-0.05, 0) is 82.0 Å². The van der Waals surface area contributed by atoms with Gasteiger partial charge in [0.25, 0.3) is 0 Å². The molecular weight excluding hydrogens is 568 g/mol. The molecule has 230 valence electrons. The van der Waals surface area contributed by atoms with Crippen molar-refractivity contribution in [2.75, 3.05) is 29.9 Å². The third kappa shape index (κ3) is 7.21. The van der Waals surface area contributed by atoms with Crippen LogP contribution in [0.25, 0.3) is 11.3 Å². The van der Waals surface area contributed by atoms with E-state index in [2.05, 4.69) is 25.2 Å². The number of aromatic nitrogens is 3. The summed E-state index contributed by atoms with van der Waals surface area (Å²) in [5.74, 6) is -0.0498. The number of rotatable bonds is 11. The maximum Gasteiger partial charge on any atom is 0.309 e. The Hall–Kier alpha value is -4.80. The number of para-hydroxylation sites is 2. The number of aliphatic carboxylic acids is 1. The molecular formula is C33H35F2N5O4. The number of anilines is 3. The van der Waals surface area contributed by atoms with Crippen LogP contribution >= 0.6 is 0 Å². The number of hydrogen-bond donors (Lipinski definition) is 2. The minimum Gasteiger partial charge on any atom is -0.490 e. The summed E-state index contributed by atoms with van der Waals surface area (Å²) in [6, 6.07) is 14.5. The zero-order chi connectivity index (χ0) is 31.3. The highest BCUT2D eigenvalue weighted by Gasteiger charge is 2.28. The smallest absolute Gasteiger partial charge is 0.309 e. The second-order valence-corrected chi connectivity index (χ2v) is 11.3. The second-order valence-electron chi connectivity index (χ2n) is 11.3. The summed E-state index contributed by atoms with van der Waals surface area (Å²) in [5, 5.41) is 12.4. The molecule has 0 saturated carbocycles. The fourth-order valence-electron chi connectivity index (χ4n) is 5.08. The van der Waals surface area contributed by atoms with E-state index in [4.69, 9.17) is 9.47 Å². The first kappa shape index (κ1) is 30.7. The Balaban J connectivity index is 1.33. The van der Waals surface area contributed by atoms with Gasteiger partial charge in [-0.3, -0.25) is 9.78 Å². The summed E-state index contributed by atoms with van der Waals surface area (Å²) in [5.41, 5.74) is -0.0974. The van der Waals surface area contributed by atoms with Gasteiger partial charge in [0.15, 0.2) is 29.0 Å². The van der Waals surface area contributed by atoms with E-state index in [1.807, 2.05) is 31.2 Å². The molecule has 1 aliphatic rings. The first-order chi connectivity index (χ1) is 21.1. The second kappa shape index (κ2) is 13.2. The lowest BCUT2D eigenvalue weighted by Crippen LogP contribution is -2.41. The molecule has 0 amide bonds. The predicted octanol–water partition coefficient (Wildman–Crippen LogP) is 6.66. The topological polar surface area (TPSA) is 110 Å². The third-order valence-corrected chi connectivity index (χ3v) is 7.39. The van der Waals surface area contributed by atoms with Crippen LogP contribution in [-0.2, 0) is 11.2 Å². The van der Waals surface area contributed by atoms with E-state index in [0.717, 1.165) is 19.4 Å². The molecule has 0 aliphatic carbocycles. The first-order valence-electron chi connectivity index (χ1n) is 14.5. The Bertz CT molecular complexity index is 1630. The fourth-order valence-corrected chi connectivity index (χ4v) is 5.08. The largest absolute Gasteiger partial charge is 0.490 e. The molecule has 2 aromatic heterocycles. The van der Waals surface area contributed by atoms with Crippen LogP contribution in [0.3, 0.4) is 0 Å². The molecule has 2 aromatic carbocycles. The highest BCUT2D eigenvalue weighted by atomic mass is 19.1. The van der Waals surface area contributed by atoms with Gasteiger partial charge in [-0.15, -0.1) is 0 Å². The van der Waals surface area contributed by atoms with Gasteiger partial charge in [0.2, 0.25) is 0 Å². The molecule has 1 saturated heterocycles. The van der Waals surface area contributed by atoms with Crippen LogP contribution in [-0.4, -0.2) is 51.8 Å². The maximum atomic E-state index is 14.9. The van der Waals surface area contributed by atoms with E-state index in [1.54, 1.807) is 32.2 Å². The monoisotopic (exact) mass is 603 g/mol. The van der Waals surface area contributed by atoms with Crippen LogP contribution in [0.1, 0.15) is 39.2 Å². The van der Waals surface area contributed by atoms with Crippen molar-refractivity contribution in [1.29, 1.82) is 0 Å². The Morgan fingerprint density at radius 1 is 1.07 bits per heavy atom. The summed E-state index contributed by atoms with van der Waals surface area (Å²) in [6.07, 6.45) is 4.95. The third-order valence-electron chi connectivity index (χ3n) is 7.39. The van der Waals surface area contributed by atoms with Crippen LogP contribution < -0.4 is 19.7 Å². The van der Waals surface area contributed by atoms with Crippen LogP contribution in [0.2, 0.25) is 0 Å². The fraction of sp³-hybridized carbons (Fsp3) is 0.333. The van der Waals surface area contributed by atoms with Gasteiger partial charge >= 0.3 is 5.97 Å². The lowest BCUT2D eigenvalue weighted by Gasteiger charge is -2.33. The lowest BCUT2D eigenvalue weighted by molar-refractivity contribution is -0.146. The molecule has 11 heteroatoms. The molecule has 1 fully saturated rings. The van der Waals surface area contributed by atoms with Gasteiger partial charge in [0, 0.05) is 12.1 Å². The Labute approximate surface area is 254 Å². The standard InChI is InChI=1S/C33H35F2N5O4/c1-4-43-27-9-5-6-10-28(27)44-22-8-7-15-40(20-22)30-19-36-18-29(38-30)39-31-25(35)13-14-26(37-31)23-16-21(11-12-24(23)34)17-33(2,3)32(41)42/h5-6,9-14,16,18-19,22H,4,7-8,15,17,20H2,1-3H3,(H,41,42)(H,37,38,39). The average Bonchev–Trinajstić information content (AvgIpc) is 3.00. The van der Waals surface area contributed by atoms with E-state index in [9.17, 15) is 18.7 Å². The Kier molecular flexibility index (Phi) is 9.22. The molecule has 4 aromatic rings.